The van der Waals surface area contributed by atoms with Crippen LogP contribution in [0.3, 0.4) is 0 Å². The number of nitrogens with one attached hydrogen (secondary N) is 1. The fourth-order valence-corrected chi connectivity index (χ4v) is 4.26. The number of rotatable bonds is 8. The molecule has 3 heterocycles. The summed E-state index contributed by atoms with van der Waals surface area (Å²) in [5.41, 5.74) is 3.19. The van der Waals surface area contributed by atoms with E-state index in [0.717, 1.165) is 29.7 Å². The number of aromatic amines is 1. The third-order valence-electron chi connectivity index (χ3n) is 5.87. The molecule has 1 aliphatic rings. The molecule has 0 fully saturated rings. The van der Waals surface area contributed by atoms with Gasteiger partial charge in [0.15, 0.2) is 0 Å². The van der Waals surface area contributed by atoms with Crippen molar-refractivity contribution in [1.82, 2.24) is 15.1 Å². The van der Waals surface area contributed by atoms with Crippen LogP contribution >= 0.6 is 0 Å². The maximum Gasteiger partial charge on any atom is 0.273 e. The van der Waals surface area contributed by atoms with E-state index in [4.69, 9.17) is 9.15 Å². The first-order chi connectivity index (χ1) is 16.2. The Morgan fingerprint density at radius 1 is 1.15 bits per heavy atom. The molecule has 2 N–H and O–H groups in total. The average molecular weight is 444 g/mol. The van der Waals surface area contributed by atoms with Gasteiger partial charge in [0.25, 0.3) is 5.91 Å². The van der Waals surface area contributed by atoms with E-state index in [9.17, 15) is 9.90 Å². The first kappa shape index (κ1) is 20.9. The Hall–Kier alpha value is -4.00. The number of carbonyl (C=O) groups excluding carboxylic acids is 1. The van der Waals surface area contributed by atoms with E-state index in [2.05, 4.69) is 17.1 Å². The van der Waals surface area contributed by atoms with E-state index in [-0.39, 0.29) is 11.7 Å². The van der Waals surface area contributed by atoms with Gasteiger partial charge in [-0.3, -0.25) is 9.89 Å². The minimum absolute atomic E-state index is 0.110. The van der Waals surface area contributed by atoms with Crippen molar-refractivity contribution in [1.29, 1.82) is 0 Å². The van der Waals surface area contributed by atoms with Gasteiger partial charge >= 0.3 is 0 Å². The summed E-state index contributed by atoms with van der Waals surface area (Å²) in [6.07, 6.45) is 3.62. The summed E-state index contributed by atoms with van der Waals surface area (Å²) in [4.78, 5) is 15.2. The van der Waals surface area contributed by atoms with Crippen molar-refractivity contribution < 1.29 is 19.1 Å². The zero-order chi connectivity index (χ0) is 22.8. The van der Waals surface area contributed by atoms with Crippen LogP contribution in [-0.4, -0.2) is 32.7 Å². The first-order valence-corrected chi connectivity index (χ1v) is 11.1. The number of aromatic nitrogens is 2. The Labute approximate surface area is 191 Å². The van der Waals surface area contributed by atoms with Crippen molar-refractivity contribution in [2.45, 2.75) is 32.4 Å². The molecule has 1 amide bonds. The van der Waals surface area contributed by atoms with Crippen molar-refractivity contribution in [3.8, 4) is 22.8 Å². The minimum Gasteiger partial charge on any atom is -0.507 e. The van der Waals surface area contributed by atoms with Crippen LogP contribution in [0.4, 0.5) is 0 Å². The van der Waals surface area contributed by atoms with Gasteiger partial charge in [-0.05, 0) is 48.4 Å². The fourth-order valence-electron chi connectivity index (χ4n) is 4.26. The highest BCUT2D eigenvalue weighted by molar-refractivity contribution is 6.00. The molecule has 1 aliphatic heterocycles. The summed E-state index contributed by atoms with van der Waals surface area (Å²) >= 11 is 0. The molecule has 0 saturated carbocycles. The van der Waals surface area contributed by atoms with Crippen LogP contribution in [0.15, 0.2) is 71.3 Å². The van der Waals surface area contributed by atoms with Crippen molar-refractivity contribution in [2.24, 2.45) is 0 Å². The van der Waals surface area contributed by atoms with Crippen LogP contribution in [0.2, 0.25) is 0 Å². The SMILES string of the molecule is CCCCOc1cccc(C2c3c(-c4ccccc4O)n[nH]c3C(=O)N2Cc2ccco2)c1. The number of hydrogen-bond acceptors (Lipinski definition) is 5. The topological polar surface area (TPSA) is 91.6 Å². The number of aromatic hydroxyl groups is 1. The molecule has 1 unspecified atom stereocenters. The van der Waals surface area contributed by atoms with E-state index in [0.29, 0.717) is 35.9 Å². The number of fused-ring (bicyclic) bond motifs is 1. The zero-order valence-electron chi connectivity index (χ0n) is 18.3. The molecule has 0 spiro atoms. The maximum absolute atomic E-state index is 13.5. The van der Waals surface area contributed by atoms with E-state index in [1.807, 2.05) is 36.4 Å². The van der Waals surface area contributed by atoms with Gasteiger partial charge in [0.05, 0.1) is 25.5 Å². The van der Waals surface area contributed by atoms with Gasteiger partial charge in [-0.2, -0.15) is 5.10 Å². The van der Waals surface area contributed by atoms with Crippen molar-refractivity contribution in [3.63, 3.8) is 0 Å². The minimum atomic E-state index is -0.416. The number of unbranched alkanes of at least 4 members (excludes halogenated alkanes) is 1. The summed E-state index contributed by atoms with van der Waals surface area (Å²) in [6.45, 7) is 3.07. The van der Waals surface area contributed by atoms with E-state index in [1.165, 1.54) is 0 Å². The smallest absolute Gasteiger partial charge is 0.273 e. The van der Waals surface area contributed by atoms with Crippen molar-refractivity contribution in [3.05, 3.63) is 89.5 Å². The molecule has 0 saturated heterocycles. The lowest BCUT2D eigenvalue weighted by atomic mass is 9.95. The molecule has 7 nitrogen and oxygen atoms in total. The van der Waals surface area contributed by atoms with Gasteiger partial charge in [0, 0.05) is 11.1 Å². The van der Waals surface area contributed by atoms with Crippen LogP contribution in [0.1, 0.15) is 53.2 Å². The highest BCUT2D eigenvalue weighted by Gasteiger charge is 2.43. The zero-order valence-corrected chi connectivity index (χ0v) is 18.3. The number of ether oxygens (including phenoxy) is 1. The molecular formula is C26H25N3O4. The lowest BCUT2D eigenvalue weighted by molar-refractivity contribution is 0.0716. The molecule has 4 aromatic rings. The molecular weight excluding hydrogens is 418 g/mol. The predicted octanol–water partition coefficient (Wildman–Crippen LogP) is 5.30. The number of furan rings is 1. The lowest BCUT2D eigenvalue weighted by Gasteiger charge is -2.26. The van der Waals surface area contributed by atoms with E-state index in [1.54, 1.807) is 35.4 Å². The fraction of sp³-hybridized carbons (Fsp3) is 0.231. The number of phenols is 1. The second kappa shape index (κ2) is 8.86. The highest BCUT2D eigenvalue weighted by atomic mass is 16.5. The van der Waals surface area contributed by atoms with Gasteiger partial charge < -0.3 is 19.2 Å². The highest BCUT2D eigenvalue weighted by Crippen LogP contribution is 2.45. The van der Waals surface area contributed by atoms with Crippen molar-refractivity contribution >= 4 is 5.91 Å². The second-order valence-electron chi connectivity index (χ2n) is 8.07. The normalized spacial score (nSPS) is 15.1. The summed E-state index contributed by atoms with van der Waals surface area (Å²) in [5, 5.41) is 17.8. The number of phenolic OH excluding ortho intramolecular Hbond substituents is 1. The van der Waals surface area contributed by atoms with Crippen LogP contribution in [-0.2, 0) is 6.54 Å². The Balaban J connectivity index is 1.61. The number of para-hydroxylation sites is 1. The molecule has 0 radical (unpaired) electrons. The summed E-state index contributed by atoms with van der Waals surface area (Å²) in [7, 11) is 0. The van der Waals surface area contributed by atoms with Crippen LogP contribution in [0.25, 0.3) is 11.3 Å². The summed E-state index contributed by atoms with van der Waals surface area (Å²) in [5.74, 6) is 1.38. The van der Waals surface area contributed by atoms with Gasteiger partial charge in [0.2, 0.25) is 0 Å². The Kier molecular flexibility index (Phi) is 5.60. The molecule has 5 rings (SSSR count). The molecule has 7 heteroatoms. The van der Waals surface area contributed by atoms with Crippen LogP contribution < -0.4 is 4.74 Å². The lowest BCUT2D eigenvalue weighted by Crippen LogP contribution is -2.29. The quantitative estimate of drug-likeness (QED) is 0.361. The Morgan fingerprint density at radius 2 is 2.03 bits per heavy atom. The number of nitrogens with zero attached hydrogens (tertiary/aromatic N) is 2. The molecule has 168 valence electrons. The standard InChI is InChI=1S/C26H25N3O4/c1-2-3-13-32-18-9-6-8-17(15-18)25-22-23(20-11-4-5-12-21(20)30)27-28-24(22)26(31)29(25)16-19-10-7-14-33-19/h4-12,14-15,25,30H,2-3,13,16H2,1H3,(H,27,28). The number of carbonyl (C=O) groups is 1. The monoisotopic (exact) mass is 443 g/mol. The van der Waals surface area contributed by atoms with Gasteiger partial charge in [-0.1, -0.05) is 37.6 Å². The first-order valence-electron chi connectivity index (χ1n) is 11.1. The molecule has 2 aromatic carbocycles. The van der Waals surface area contributed by atoms with Crippen molar-refractivity contribution in [2.75, 3.05) is 6.61 Å². The molecule has 33 heavy (non-hydrogen) atoms. The summed E-state index contributed by atoms with van der Waals surface area (Å²) in [6, 6.07) is 18.1. The second-order valence-corrected chi connectivity index (χ2v) is 8.07. The molecule has 1 atom stereocenters. The third kappa shape index (κ3) is 3.86. The van der Waals surface area contributed by atoms with E-state index < -0.39 is 6.04 Å². The largest absolute Gasteiger partial charge is 0.507 e. The number of benzene rings is 2. The van der Waals surface area contributed by atoms with Crippen LogP contribution in [0.5, 0.6) is 11.5 Å². The van der Waals surface area contributed by atoms with E-state index >= 15 is 0 Å². The predicted molar refractivity (Wildman–Crippen MR) is 123 cm³/mol. The third-order valence-corrected chi connectivity index (χ3v) is 5.87. The summed E-state index contributed by atoms with van der Waals surface area (Å²) < 4.78 is 11.5. The molecule has 2 aromatic heterocycles. The van der Waals surface area contributed by atoms with Gasteiger partial charge in [-0.25, -0.2) is 0 Å². The van der Waals surface area contributed by atoms with Gasteiger partial charge in [-0.15, -0.1) is 0 Å². The molecule has 0 aliphatic carbocycles. The van der Waals surface area contributed by atoms with Crippen LogP contribution in [0, 0.1) is 0 Å². The average Bonchev–Trinajstić information content (AvgIpc) is 3.54. The number of H-pyrrole nitrogens is 1. The number of amides is 1. The Morgan fingerprint density at radius 3 is 2.82 bits per heavy atom. The molecule has 0 bridgehead atoms. The van der Waals surface area contributed by atoms with Gasteiger partial charge in [0.1, 0.15) is 28.6 Å². The maximum atomic E-state index is 13.5. The Bertz CT molecular complexity index is 1260. The number of hydrogen-bond donors (Lipinski definition) is 2.